The van der Waals surface area contributed by atoms with Crippen LogP contribution in [0.4, 0.5) is 5.69 Å². The number of fused-ring (bicyclic) bond motifs is 1. The van der Waals surface area contributed by atoms with Gasteiger partial charge in [-0.2, -0.15) is 0 Å². The number of carbonyl (C=O) groups excluding carboxylic acids is 3. The summed E-state index contributed by atoms with van der Waals surface area (Å²) in [5, 5.41) is 4.85. The van der Waals surface area contributed by atoms with Crippen molar-refractivity contribution >= 4 is 23.4 Å². The molecule has 1 aliphatic heterocycles. The third-order valence-corrected chi connectivity index (χ3v) is 3.66. The Kier molecular flexibility index (Phi) is 3.91. The van der Waals surface area contributed by atoms with Crippen LogP contribution in [0.2, 0.25) is 0 Å². The highest BCUT2D eigenvalue weighted by atomic mass is 16.5. The van der Waals surface area contributed by atoms with Gasteiger partial charge in [-0.05, 0) is 24.3 Å². The first-order valence-electron chi connectivity index (χ1n) is 7.07. The van der Waals surface area contributed by atoms with Crippen LogP contribution in [0.15, 0.2) is 36.4 Å². The zero-order valence-corrected chi connectivity index (χ0v) is 13.0. The molecule has 0 saturated carbocycles. The highest BCUT2D eigenvalue weighted by molar-refractivity contribution is 6.25. The molecular weight excluding hydrogens is 312 g/mol. The monoisotopic (exact) mass is 326 g/mol. The number of benzene rings is 2. The molecule has 3 amide bonds. The van der Waals surface area contributed by atoms with Crippen LogP contribution in [0.25, 0.3) is 0 Å². The first-order chi connectivity index (χ1) is 11.5. The van der Waals surface area contributed by atoms with Gasteiger partial charge < -0.3 is 14.8 Å². The van der Waals surface area contributed by atoms with Crippen molar-refractivity contribution in [2.45, 2.75) is 0 Å². The summed E-state index contributed by atoms with van der Waals surface area (Å²) in [4.78, 5) is 36.1. The van der Waals surface area contributed by atoms with Crippen molar-refractivity contribution in [3.63, 3.8) is 0 Å². The van der Waals surface area contributed by atoms with E-state index in [0.29, 0.717) is 11.5 Å². The third-order valence-electron chi connectivity index (χ3n) is 3.66. The lowest BCUT2D eigenvalue weighted by Crippen LogP contribution is -2.21. The summed E-state index contributed by atoms with van der Waals surface area (Å²) in [6.45, 7) is 0. The normalized spacial score (nSPS) is 12.4. The predicted octanol–water partition coefficient (Wildman–Crippen LogP) is 1.84. The van der Waals surface area contributed by atoms with Crippen molar-refractivity contribution in [3.8, 4) is 11.5 Å². The molecule has 0 aliphatic carbocycles. The standard InChI is InChI=1S/C17H14N2O5/c1-23-9-6-7-10(13(8-9)24-2)15(20)18-12-5-3-4-11-14(12)17(22)19-16(11)21/h3-8H,1-2H3,(H,18,20)(H,19,21,22). The van der Waals surface area contributed by atoms with Crippen LogP contribution in [-0.2, 0) is 0 Å². The zero-order valence-electron chi connectivity index (χ0n) is 13.0. The third kappa shape index (κ3) is 2.56. The number of nitrogens with one attached hydrogen (secondary N) is 2. The molecule has 0 aromatic heterocycles. The topological polar surface area (TPSA) is 93.7 Å². The van der Waals surface area contributed by atoms with Crippen LogP contribution in [0.5, 0.6) is 11.5 Å². The zero-order chi connectivity index (χ0) is 17.3. The molecule has 2 N–H and O–H groups in total. The maximum absolute atomic E-state index is 12.5. The van der Waals surface area contributed by atoms with Crippen LogP contribution in [0, 0.1) is 0 Å². The molecule has 24 heavy (non-hydrogen) atoms. The quantitative estimate of drug-likeness (QED) is 0.836. The van der Waals surface area contributed by atoms with Crippen molar-refractivity contribution in [3.05, 3.63) is 53.1 Å². The Labute approximate surface area is 137 Å². The molecule has 2 aromatic rings. The lowest BCUT2D eigenvalue weighted by Gasteiger charge is -2.12. The summed E-state index contributed by atoms with van der Waals surface area (Å²) in [5.41, 5.74) is 0.933. The van der Waals surface area contributed by atoms with E-state index in [0.717, 1.165) is 0 Å². The molecule has 0 unspecified atom stereocenters. The first kappa shape index (κ1) is 15.5. The van der Waals surface area contributed by atoms with Crippen molar-refractivity contribution < 1.29 is 23.9 Å². The van der Waals surface area contributed by atoms with Gasteiger partial charge in [0.15, 0.2) is 0 Å². The summed E-state index contributed by atoms with van der Waals surface area (Å²) in [7, 11) is 2.95. The number of hydrogen-bond donors (Lipinski definition) is 2. The number of imide groups is 1. The van der Waals surface area contributed by atoms with Gasteiger partial charge >= 0.3 is 0 Å². The van der Waals surface area contributed by atoms with Crippen LogP contribution in [0.3, 0.4) is 0 Å². The average molecular weight is 326 g/mol. The molecule has 0 fully saturated rings. The molecule has 7 heteroatoms. The Morgan fingerprint density at radius 2 is 1.83 bits per heavy atom. The van der Waals surface area contributed by atoms with Crippen molar-refractivity contribution in [2.75, 3.05) is 19.5 Å². The van der Waals surface area contributed by atoms with Gasteiger partial charge in [0.1, 0.15) is 11.5 Å². The van der Waals surface area contributed by atoms with Gasteiger partial charge in [0.25, 0.3) is 17.7 Å². The maximum Gasteiger partial charge on any atom is 0.261 e. The minimum absolute atomic E-state index is 0.156. The summed E-state index contributed by atoms with van der Waals surface area (Å²) in [6, 6.07) is 9.45. The number of hydrogen-bond acceptors (Lipinski definition) is 5. The molecule has 0 radical (unpaired) electrons. The second kappa shape index (κ2) is 6.04. The smallest absolute Gasteiger partial charge is 0.261 e. The molecule has 0 spiro atoms. The van der Waals surface area contributed by atoms with Gasteiger partial charge in [-0.1, -0.05) is 6.07 Å². The molecule has 0 saturated heterocycles. The van der Waals surface area contributed by atoms with E-state index in [1.807, 2.05) is 0 Å². The summed E-state index contributed by atoms with van der Waals surface area (Å²) in [6.07, 6.45) is 0. The molecule has 3 rings (SSSR count). The van der Waals surface area contributed by atoms with E-state index in [2.05, 4.69) is 10.6 Å². The SMILES string of the molecule is COc1ccc(C(=O)Nc2cccc3c2C(=O)NC3=O)c(OC)c1. The Morgan fingerprint density at radius 1 is 1.04 bits per heavy atom. The maximum atomic E-state index is 12.5. The lowest BCUT2D eigenvalue weighted by atomic mass is 10.1. The van der Waals surface area contributed by atoms with Crippen LogP contribution >= 0.6 is 0 Å². The van der Waals surface area contributed by atoms with E-state index < -0.39 is 17.7 Å². The van der Waals surface area contributed by atoms with Gasteiger partial charge in [0.2, 0.25) is 0 Å². The Hall–Kier alpha value is -3.35. The molecule has 0 bridgehead atoms. The van der Waals surface area contributed by atoms with E-state index in [4.69, 9.17) is 9.47 Å². The van der Waals surface area contributed by atoms with Crippen LogP contribution < -0.4 is 20.1 Å². The Balaban J connectivity index is 1.95. The van der Waals surface area contributed by atoms with Gasteiger partial charge in [-0.3, -0.25) is 19.7 Å². The van der Waals surface area contributed by atoms with E-state index >= 15 is 0 Å². The number of anilines is 1. The first-order valence-corrected chi connectivity index (χ1v) is 7.07. The summed E-state index contributed by atoms with van der Waals surface area (Å²) < 4.78 is 10.3. The van der Waals surface area contributed by atoms with E-state index in [-0.39, 0.29) is 22.4 Å². The van der Waals surface area contributed by atoms with Crippen LogP contribution in [-0.4, -0.2) is 31.9 Å². The lowest BCUT2D eigenvalue weighted by molar-refractivity contribution is 0.0879. The number of carbonyl (C=O) groups is 3. The molecule has 2 aromatic carbocycles. The second-order valence-electron chi connectivity index (χ2n) is 5.03. The van der Waals surface area contributed by atoms with Gasteiger partial charge in [0, 0.05) is 6.07 Å². The fourth-order valence-electron chi connectivity index (χ4n) is 2.50. The highest BCUT2D eigenvalue weighted by Gasteiger charge is 2.30. The van der Waals surface area contributed by atoms with Gasteiger partial charge in [0.05, 0.1) is 36.6 Å². The molecule has 1 aliphatic rings. The van der Waals surface area contributed by atoms with Gasteiger partial charge in [-0.25, -0.2) is 0 Å². The molecule has 7 nitrogen and oxygen atoms in total. The largest absolute Gasteiger partial charge is 0.497 e. The molecule has 0 atom stereocenters. The van der Waals surface area contributed by atoms with E-state index in [9.17, 15) is 14.4 Å². The average Bonchev–Trinajstić information content (AvgIpc) is 2.89. The number of methoxy groups -OCH3 is 2. The van der Waals surface area contributed by atoms with E-state index in [1.54, 1.807) is 30.3 Å². The van der Waals surface area contributed by atoms with Crippen molar-refractivity contribution in [2.24, 2.45) is 0 Å². The highest BCUT2D eigenvalue weighted by Crippen LogP contribution is 2.28. The summed E-state index contributed by atoms with van der Waals surface area (Å²) in [5.74, 6) is -0.593. The Morgan fingerprint density at radius 3 is 2.54 bits per heavy atom. The summed E-state index contributed by atoms with van der Waals surface area (Å²) >= 11 is 0. The minimum Gasteiger partial charge on any atom is -0.497 e. The van der Waals surface area contributed by atoms with Crippen molar-refractivity contribution in [1.82, 2.24) is 5.32 Å². The molecular formula is C17H14N2O5. The second-order valence-corrected chi connectivity index (χ2v) is 5.03. The number of ether oxygens (including phenoxy) is 2. The van der Waals surface area contributed by atoms with Gasteiger partial charge in [-0.15, -0.1) is 0 Å². The minimum atomic E-state index is -0.535. The van der Waals surface area contributed by atoms with Crippen LogP contribution in [0.1, 0.15) is 31.1 Å². The fourth-order valence-corrected chi connectivity index (χ4v) is 2.50. The molecule has 1 heterocycles. The Bertz CT molecular complexity index is 860. The predicted molar refractivity (Wildman–Crippen MR) is 85.7 cm³/mol. The van der Waals surface area contributed by atoms with E-state index in [1.165, 1.54) is 20.3 Å². The number of rotatable bonds is 4. The fraction of sp³-hybridized carbons (Fsp3) is 0.118. The number of amides is 3. The van der Waals surface area contributed by atoms with Crippen molar-refractivity contribution in [1.29, 1.82) is 0 Å². The molecule has 122 valence electrons.